The van der Waals surface area contributed by atoms with Gasteiger partial charge in [-0.1, -0.05) is 30.7 Å². The standard InChI is InChI=1S/C12H17N/c1-3-13-7-6-11-5-4-10(2)8-12(11)9-13/h4-5,8H,3,6-7,9H2,1-2H3. The number of likely N-dealkylation sites (N-methyl/N-ethyl adjacent to an activating group) is 1. The number of nitrogens with zero attached hydrogens (tertiary/aromatic N) is 1. The van der Waals surface area contributed by atoms with Crippen LogP contribution in [0.5, 0.6) is 0 Å². The number of rotatable bonds is 1. The predicted molar refractivity (Wildman–Crippen MR) is 55.8 cm³/mol. The van der Waals surface area contributed by atoms with Gasteiger partial charge in [-0.05, 0) is 31.0 Å². The van der Waals surface area contributed by atoms with Gasteiger partial charge in [0.15, 0.2) is 0 Å². The average Bonchev–Trinajstić information content (AvgIpc) is 2.16. The topological polar surface area (TPSA) is 3.24 Å². The number of hydrogen-bond donors (Lipinski definition) is 0. The molecule has 1 aromatic rings. The molecule has 70 valence electrons. The summed E-state index contributed by atoms with van der Waals surface area (Å²) in [6.07, 6.45) is 1.23. The Morgan fingerprint density at radius 2 is 2.15 bits per heavy atom. The van der Waals surface area contributed by atoms with Crippen LogP contribution in [-0.2, 0) is 13.0 Å². The Balaban J connectivity index is 2.27. The first-order chi connectivity index (χ1) is 6.29. The monoisotopic (exact) mass is 175 g/mol. The highest BCUT2D eigenvalue weighted by molar-refractivity contribution is 5.33. The summed E-state index contributed by atoms with van der Waals surface area (Å²) in [4.78, 5) is 2.50. The zero-order valence-corrected chi connectivity index (χ0v) is 8.51. The van der Waals surface area contributed by atoms with Gasteiger partial charge in [-0.15, -0.1) is 0 Å². The van der Waals surface area contributed by atoms with Crippen LogP contribution >= 0.6 is 0 Å². The molecule has 1 heterocycles. The molecule has 0 aromatic heterocycles. The molecule has 1 nitrogen and oxygen atoms in total. The summed E-state index contributed by atoms with van der Waals surface area (Å²) in [5, 5.41) is 0. The Hall–Kier alpha value is -0.820. The molecule has 1 aromatic carbocycles. The van der Waals surface area contributed by atoms with Crippen LogP contribution in [0.25, 0.3) is 0 Å². The molecule has 0 bridgehead atoms. The molecule has 13 heavy (non-hydrogen) atoms. The highest BCUT2D eigenvalue weighted by Crippen LogP contribution is 2.19. The lowest BCUT2D eigenvalue weighted by molar-refractivity contribution is 0.268. The third kappa shape index (κ3) is 1.75. The Bertz CT molecular complexity index is 304. The smallest absolute Gasteiger partial charge is 0.0236 e. The van der Waals surface area contributed by atoms with Crippen molar-refractivity contribution in [3.8, 4) is 0 Å². The second kappa shape index (κ2) is 3.51. The largest absolute Gasteiger partial charge is 0.299 e. The van der Waals surface area contributed by atoms with Crippen LogP contribution < -0.4 is 0 Å². The van der Waals surface area contributed by atoms with Crippen molar-refractivity contribution in [3.63, 3.8) is 0 Å². The first-order valence-electron chi connectivity index (χ1n) is 5.10. The fraction of sp³-hybridized carbons (Fsp3) is 0.500. The number of fused-ring (bicyclic) bond motifs is 1. The predicted octanol–water partition coefficient (Wildman–Crippen LogP) is 2.37. The van der Waals surface area contributed by atoms with Gasteiger partial charge in [0, 0.05) is 13.1 Å². The molecule has 0 radical (unpaired) electrons. The first-order valence-corrected chi connectivity index (χ1v) is 5.10. The van der Waals surface area contributed by atoms with E-state index in [1.165, 1.54) is 30.6 Å². The Labute approximate surface area is 80.4 Å². The lowest BCUT2D eigenvalue weighted by Gasteiger charge is -2.27. The third-order valence-corrected chi connectivity index (χ3v) is 2.90. The summed E-state index contributed by atoms with van der Waals surface area (Å²) < 4.78 is 0. The zero-order valence-electron chi connectivity index (χ0n) is 8.51. The van der Waals surface area contributed by atoms with Crippen LogP contribution in [0.3, 0.4) is 0 Å². The van der Waals surface area contributed by atoms with Crippen LogP contribution in [0.15, 0.2) is 18.2 Å². The van der Waals surface area contributed by atoms with Crippen LogP contribution in [0.2, 0.25) is 0 Å². The summed E-state index contributed by atoms with van der Waals surface area (Å²) in [5.74, 6) is 0. The lowest BCUT2D eigenvalue weighted by atomic mass is 9.98. The molecule has 0 atom stereocenters. The number of benzene rings is 1. The van der Waals surface area contributed by atoms with E-state index in [4.69, 9.17) is 0 Å². The van der Waals surface area contributed by atoms with Crippen molar-refractivity contribution in [2.75, 3.05) is 13.1 Å². The molecule has 0 spiro atoms. The number of aryl methyl sites for hydroxylation is 1. The van der Waals surface area contributed by atoms with E-state index in [1.807, 2.05) is 0 Å². The van der Waals surface area contributed by atoms with Crippen molar-refractivity contribution >= 4 is 0 Å². The molecule has 0 fully saturated rings. The van der Waals surface area contributed by atoms with E-state index < -0.39 is 0 Å². The molecule has 0 aliphatic carbocycles. The normalized spacial score (nSPS) is 17.1. The quantitative estimate of drug-likeness (QED) is 0.633. The molecule has 0 saturated carbocycles. The molecule has 0 unspecified atom stereocenters. The van der Waals surface area contributed by atoms with Crippen molar-refractivity contribution in [3.05, 3.63) is 34.9 Å². The lowest BCUT2D eigenvalue weighted by Crippen LogP contribution is -2.30. The maximum absolute atomic E-state index is 2.50. The van der Waals surface area contributed by atoms with Crippen molar-refractivity contribution in [2.24, 2.45) is 0 Å². The Morgan fingerprint density at radius 1 is 1.31 bits per heavy atom. The van der Waals surface area contributed by atoms with Crippen molar-refractivity contribution in [1.82, 2.24) is 4.90 Å². The van der Waals surface area contributed by atoms with Gasteiger partial charge in [-0.3, -0.25) is 4.90 Å². The van der Waals surface area contributed by atoms with Crippen LogP contribution in [0, 0.1) is 6.92 Å². The minimum absolute atomic E-state index is 1.15. The zero-order chi connectivity index (χ0) is 9.26. The van der Waals surface area contributed by atoms with Gasteiger partial charge in [0.25, 0.3) is 0 Å². The molecule has 1 heteroatoms. The summed E-state index contributed by atoms with van der Waals surface area (Å²) in [5.41, 5.74) is 4.47. The SMILES string of the molecule is CCN1CCc2ccc(C)cc2C1. The summed E-state index contributed by atoms with van der Waals surface area (Å²) in [6, 6.07) is 6.84. The first kappa shape index (κ1) is 8.76. The number of hydrogen-bond acceptors (Lipinski definition) is 1. The van der Waals surface area contributed by atoms with Gasteiger partial charge in [-0.2, -0.15) is 0 Å². The molecule has 1 aliphatic rings. The van der Waals surface area contributed by atoms with Crippen molar-refractivity contribution < 1.29 is 0 Å². The molecule has 0 saturated heterocycles. The van der Waals surface area contributed by atoms with Crippen molar-refractivity contribution in [1.29, 1.82) is 0 Å². The maximum Gasteiger partial charge on any atom is 0.0236 e. The average molecular weight is 175 g/mol. The van der Waals surface area contributed by atoms with E-state index in [9.17, 15) is 0 Å². The highest BCUT2D eigenvalue weighted by atomic mass is 15.1. The van der Waals surface area contributed by atoms with Gasteiger partial charge in [0.1, 0.15) is 0 Å². The minimum atomic E-state index is 1.15. The Kier molecular flexibility index (Phi) is 2.36. The van der Waals surface area contributed by atoms with E-state index >= 15 is 0 Å². The second-order valence-electron chi connectivity index (χ2n) is 3.89. The fourth-order valence-corrected chi connectivity index (χ4v) is 2.01. The molecule has 0 N–H and O–H groups in total. The molecule has 0 amide bonds. The van der Waals surface area contributed by atoms with Crippen LogP contribution in [-0.4, -0.2) is 18.0 Å². The van der Waals surface area contributed by atoms with Gasteiger partial charge >= 0.3 is 0 Å². The third-order valence-electron chi connectivity index (χ3n) is 2.90. The van der Waals surface area contributed by atoms with Gasteiger partial charge in [0.2, 0.25) is 0 Å². The van der Waals surface area contributed by atoms with Crippen LogP contribution in [0.1, 0.15) is 23.6 Å². The molecular weight excluding hydrogens is 158 g/mol. The highest BCUT2D eigenvalue weighted by Gasteiger charge is 2.13. The van der Waals surface area contributed by atoms with Gasteiger partial charge in [0.05, 0.1) is 0 Å². The Morgan fingerprint density at radius 3 is 2.92 bits per heavy atom. The maximum atomic E-state index is 2.50. The van der Waals surface area contributed by atoms with Gasteiger partial charge in [-0.25, -0.2) is 0 Å². The van der Waals surface area contributed by atoms with Gasteiger partial charge < -0.3 is 0 Å². The molecule has 1 aliphatic heterocycles. The van der Waals surface area contributed by atoms with E-state index in [1.54, 1.807) is 5.56 Å². The van der Waals surface area contributed by atoms with Crippen LogP contribution in [0.4, 0.5) is 0 Å². The minimum Gasteiger partial charge on any atom is -0.299 e. The summed E-state index contributed by atoms with van der Waals surface area (Å²) in [7, 11) is 0. The van der Waals surface area contributed by atoms with Crippen molar-refractivity contribution in [2.45, 2.75) is 26.8 Å². The van der Waals surface area contributed by atoms with E-state index in [0.29, 0.717) is 0 Å². The summed E-state index contributed by atoms with van der Waals surface area (Å²) in [6.45, 7) is 7.96. The molecular formula is C12H17N. The van der Waals surface area contributed by atoms with E-state index in [-0.39, 0.29) is 0 Å². The molecule has 2 rings (SSSR count). The van der Waals surface area contributed by atoms with E-state index in [0.717, 1.165) is 6.54 Å². The fourth-order valence-electron chi connectivity index (χ4n) is 2.01. The second-order valence-corrected chi connectivity index (χ2v) is 3.89. The van der Waals surface area contributed by atoms with E-state index in [2.05, 4.69) is 36.9 Å². The summed E-state index contributed by atoms with van der Waals surface area (Å²) >= 11 is 0.